The molecule has 0 aliphatic heterocycles. The largest absolute Gasteiger partial charge is 0.342 e. The van der Waals surface area contributed by atoms with E-state index in [1.165, 1.54) is 24.8 Å². The summed E-state index contributed by atoms with van der Waals surface area (Å²) in [7, 11) is 3.51. The highest BCUT2D eigenvalue weighted by Gasteiger charge is 2.11. The average molecular weight is 439 g/mol. The van der Waals surface area contributed by atoms with Gasteiger partial charge in [0.2, 0.25) is 0 Å². The number of hydrogen-bond acceptors (Lipinski definition) is 4. The molecule has 0 saturated heterocycles. The highest BCUT2D eigenvalue weighted by atomic mass is 19.3. The minimum absolute atomic E-state index is 0.226. The number of alkyl halides is 2. The molecule has 2 aromatic carbocycles. The monoisotopic (exact) mass is 438 g/mol. The maximum atomic E-state index is 13.0. The van der Waals surface area contributed by atoms with E-state index in [-0.39, 0.29) is 5.82 Å². The highest BCUT2D eigenvalue weighted by molar-refractivity contribution is 5.81. The first-order valence-electron chi connectivity index (χ1n) is 9.90. The molecule has 0 saturated carbocycles. The number of aryl methyl sites for hydroxylation is 1. The molecule has 0 amide bonds. The quantitative estimate of drug-likeness (QED) is 0.586. The molecule has 3 N–H and O–H groups in total. The summed E-state index contributed by atoms with van der Waals surface area (Å²) in [5.41, 5.74) is 10.7. The second kappa shape index (κ2) is 15.3. The molecule has 31 heavy (non-hydrogen) atoms. The van der Waals surface area contributed by atoms with Gasteiger partial charge in [0.05, 0.1) is 0 Å². The SMILES string of the molecule is CC/C=C(\C)c1cc(C)c(C=O)c(CN(C)Cc2ccc(F)cc2)c1.CN.OC(F)F. The zero-order valence-corrected chi connectivity index (χ0v) is 18.8. The van der Waals surface area contributed by atoms with Gasteiger partial charge in [-0.3, -0.25) is 9.69 Å². The minimum Gasteiger partial charge on any atom is -0.339 e. The van der Waals surface area contributed by atoms with Crippen LogP contribution >= 0.6 is 0 Å². The Labute approximate surface area is 183 Å². The zero-order valence-electron chi connectivity index (χ0n) is 18.8. The molecule has 0 radical (unpaired) electrons. The van der Waals surface area contributed by atoms with Crippen LogP contribution in [0.15, 0.2) is 42.5 Å². The van der Waals surface area contributed by atoms with Gasteiger partial charge in [0.15, 0.2) is 6.29 Å². The number of aliphatic hydroxyl groups is 1. The Balaban J connectivity index is 0.00000134. The molecule has 0 unspecified atom stereocenters. The molecular weight excluding hydrogens is 405 g/mol. The lowest BCUT2D eigenvalue weighted by Gasteiger charge is -2.20. The minimum atomic E-state index is -3.17. The summed E-state index contributed by atoms with van der Waals surface area (Å²) in [6, 6.07) is 10.7. The number of carbonyl (C=O) groups is 1. The number of rotatable bonds is 7. The van der Waals surface area contributed by atoms with Gasteiger partial charge in [0.1, 0.15) is 5.82 Å². The number of aliphatic hydroxyl groups excluding tert-OH is 1. The predicted octanol–water partition coefficient (Wildman–Crippen LogP) is 5.17. The number of nitrogens with two attached hydrogens (primary N) is 1. The van der Waals surface area contributed by atoms with E-state index in [4.69, 9.17) is 5.11 Å². The van der Waals surface area contributed by atoms with Crippen LogP contribution in [-0.4, -0.2) is 37.0 Å². The number of benzene rings is 2. The van der Waals surface area contributed by atoms with Gasteiger partial charge in [-0.05, 0) is 80.4 Å². The molecular formula is C24H33F3N2O2. The molecule has 0 fully saturated rings. The molecule has 0 heterocycles. The van der Waals surface area contributed by atoms with Crippen LogP contribution in [0.5, 0.6) is 0 Å². The summed E-state index contributed by atoms with van der Waals surface area (Å²) in [6.45, 7) is 4.40. The van der Waals surface area contributed by atoms with Gasteiger partial charge in [-0.15, -0.1) is 0 Å². The molecule has 172 valence electrons. The topological polar surface area (TPSA) is 66.6 Å². The maximum absolute atomic E-state index is 13.0. The molecule has 7 heteroatoms. The van der Waals surface area contributed by atoms with Crippen molar-refractivity contribution in [1.82, 2.24) is 4.90 Å². The van der Waals surface area contributed by atoms with Crippen molar-refractivity contribution in [2.45, 2.75) is 46.9 Å². The summed E-state index contributed by atoms with van der Waals surface area (Å²) in [6.07, 6.45) is 4.13. The maximum Gasteiger partial charge on any atom is 0.342 e. The predicted molar refractivity (Wildman–Crippen MR) is 120 cm³/mol. The third-order valence-corrected chi connectivity index (χ3v) is 4.36. The van der Waals surface area contributed by atoms with Crippen LogP contribution in [0.3, 0.4) is 0 Å². The summed E-state index contributed by atoms with van der Waals surface area (Å²) in [5, 5.41) is 6.72. The number of nitrogens with zero attached hydrogens (tertiary/aromatic N) is 1. The molecule has 0 aromatic heterocycles. The third kappa shape index (κ3) is 10.9. The Morgan fingerprint density at radius 2 is 1.71 bits per heavy atom. The Morgan fingerprint density at radius 1 is 1.16 bits per heavy atom. The van der Waals surface area contributed by atoms with Gasteiger partial charge >= 0.3 is 6.61 Å². The number of hydrogen-bond donors (Lipinski definition) is 2. The molecule has 0 bridgehead atoms. The van der Waals surface area contributed by atoms with Crippen molar-refractivity contribution in [3.05, 3.63) is 76.1 Å². The molecule has 0 atom stereocenters. The molecule has 2 aromatic rings. The molecule has 4 nitrogen and oxygen atoms in total. The van der Waals surface area contributed by atoms with E-state index in [9.17, 15) is 18.0 Å². The fourth-order valence-corrected chi connectivity index (χ4v) is 3.07. The zero-order chi connectivity index (χ0) is 24.0. The van der Waals surface area contributed by atoms with E-state index in [1.54, 1.807) is 12.1 Å². The van der Waals surface area contributed by atoms with Gasteiger partial charge in [-0.1, -0.05) is 31.2 Å². The molecule has 0 aliphatic carbocycles. The van der Waals surface area contributed by atoms with Gasteiger partial charge in [-0.2, -0.15) is 8.78 Å². The van der Waals surface area contributed by atoms with Crippen LogP contribution in [-0.2, 0) is 13.1 Å². The van der Waals surface area contributed by atoms with Gasteiger partial charge in [-0.25, -0.2) is 4.39 Å². The van der Waals surface area contributed by atoms with Gasteiger partial charge < -0.3 is 10.8 Å². The van der Waals surface area contributed by atoms with Crippen molar-refractivity contribution in [1.29, 1.82) is 0 Å². The highest BCUT2D eigenvalue weighted by Crippen LogP contribution is 2.23. The van der Waals surface area contributed by atoms with Crippen molar-refractivity contribution >= 4 is 11.9 Å². The Morgan fingerprint density at radius 3 is 2.19 bits per heavy atom. The number of halogens is 3. The van der Waals surface area contributed by atoms with E-state index in [1.807, 2.05) is 14.0 Å². The molecule has 2 rings (SSSR count). The van der Waals surface area contributed by atoms with Crippen molar-refractivity contribution < 1.29 is 23.1 Å². The van der Waals surface area contributed by atoms with Crippen LogP contribution < -0.4 is 5.73 Å². The van der Waals surface area contributed by atoms with E-state index >= 15 is 0 Å². The first kappa shape index (κ1) is 28.5. The molecule has 0 aliphatic rings. The number of aldehydes is 1. The van der Waals surface area contributed by atoms with E-state index < -0.39 is 6.61 Å². The van der Waals surface area contributed by atoms with Crippen LogP contribution in [0.25, 0.3) is 5.57 Å². The first-order valence-corrected chi connectivity index (χ1v) is 9.90. The first-order chi connectivity index (χ1) is 14.7. The summed E-state index contributed by atoms with van der Waals surface area (Å²) in [5.74, 6) is -0.226. The number of allylic oxidation sites excluding steroid dienone is 2. The van der Waals surface area contributed by atoms with E-state index in [0.717, 1.165) is 40.5 Å². The average Bonchev–Trinajstić information content (AvgIpc) is 2.71. The van der Waals surface area contributed by atoms with Gasteiger partial charge in [0, 0.05) is 18.7 Å². The van der Waals surface area contributed by atoms with Crippen LogP contribution in [0, 0.1) is 12.7 Å². The van der Waals surface area contributed by atoms with E-state index in [0.29, 0.717) is 13.1 Å². The number of carbonyl (C=O) groups excluding carboxylic acids is 1. The van der Waals surface area contributed by atoms with E-state index in [2.05, 4.69) is 42.7 Å². The lowest BCUT2D eigenvalue weighted by atomic mass is 9.95. The van der Waals surface area contributed by atoms with Crippen LogP contribution in [0.2, 0.25) is 0 Å². The Hall–Kier alpha value is -2.48. The van der Waals surface area contributed by atoms with Crippen LogP contribution in [0.1, 0.15) is 52.9 Å². The van der Waals surface area contributed by atoms with Crippen LogP contribution in [0.4, 0.5) is 13.2 Å². The second-order valence-electron chi connectivity index (χ2n) is 6.86. The Bertz CT molecular complexity index is 820. The normalized spacial score (nSPS) is 10.9. The van der Waals surface area contributed by atoms with Crippen molar-refractivity contribution in [2.24, 2.45) is 5.73 Å². The smallest absolute Gasteiger partial charge is 0.339 e. The van der Waals surface area contributed by atoms with Crippen molar-refractivity contribution in [3.8, 4) is 0 Å². The van der Waals surface area contributed by atoms with Gasteiger partial charge in [0.25, 0.3) is 0 Å². The fraction of sp³-hybridized carbons (Fsp3) is 0.375. The molecule has 0 spiro atoms. The lowest BCUT2D eigenvalue weighted by molar-refractivity contribution is -0.0728. The lowest BCUT2D eigenvalue weighted by Crippen LogP contribution is -2.18. The fourth-order valence-electron chi connectivity index (χ4n) is 3.07. The third-order valence-electron chi connectivity index (χ3n) is 4.36. The van der Waals surface area contributed by atoms with Crippen molar-refractivity contribution in [2.75, 3.05) is 14.1 Å². The Kier molecular flexibility index (Phi) is 14.1. The second-order valence-corrected chi connectivity index (χ2v) is 6.86. The standard InChI is InChI=1S/C22H26FNO.CH2F2O.CH5N/c1-5-6-16(2)19-11-17(3)22(15-25)20(12-19)14-24(4)13-18-7-9-21(23)10-8-18;2-1(3)4;1-2/h6-12,15H,5,13-14H2,1-4H3;1,4H;2H2,1H3/b16-6+;;. The summed E-state index contributed by atoms with van der Waals surface area (Å²) >= 11 is 0. The van der Waals surface area contributed by atoms with Crippen molar-refractivity contribution in [3.63, 3.8) is 0 Å². The summed E-state index contributed by atoms with van der Waals surface area (Å²) < 4.78 is 32.8. The summed E-state index contributed by atoms with van der Waals surface area (Å²) in [4.78, 5) is 13.7.